The van der Waals surface area contributed by atoms with Crippen LogP contribution in [0.2, 0.25) is 0 Å². The van der Waals surface area contributed by atoms with E-state index in [4.69, 9.17) is 11.5 Å². The number of carboxylic acid groups (broad SMARTS) is 1. The average molecular weight is 403 g/mol. The van der Waals surface area contributed by atoms with Crippen molar-refractivity contribution in [2.45, 2.75) is 50.7 Å². The second-order valence-electron chi connectivity index (χ2n) is 7.08. The van der Waals surface area contributed by atoms with Crippen LogP contribution >= 0.6 is 0 Å². The second kappa shape index (κ2) is 10.6. The van der Waals surface area contributed by atoms with Gasteiger partial charge in [0, 0.05) is 23.5 Å². The van der Waals surface area contributed by atoms with Crippen molar-refractivity contribution in [3.63, 3.8) is 0 Å². The number of aromatic nitrogens is 1. The van der Waals surface area contributed by atoms with E-state index in [0.29, 0.717) is 13.0 Å². The predicted molar refractivity (Wildman–Crippen MR) is 110 cm³/mol. The molecular formula is C20H29N5O4. The highest BCUT2D eigenvalue weighted by atomic mass is 16.4. The molecule has 2 amide bonds. The van der Waals surface area contributed by atoms with Crippen molar-refractivity contribution >= 4 is 28.7 Å². The molecule has 2 aromatic rings. The standard InChI is InChI=1S/C20H29N5O4/c1-12(24-19(27)15(22)7-4-5-9-21)18(26)25-17(20(28)29)10-13-11-23-16-8-3-2-6-14(13)16/h2-3,6,8,11-12,15,17,23H,4-5,7,9-10,21-22H2,1H3,(H,24,27)(H,25,26)(H,28,29). The summed E-state index contributed by atoms with van der Waals surface area (Å²) in [7, 11) is 0. The van der Waals surface area contributed by atoms with Crippen molar-refractivity contribution in [2.24, 2.45) is 11.5 Å². The fraction of sp³-hybridized carbons (Fsp3) is 0.450. The summed E-state index contributed by atoms with van der Waals surface area (Å²) in [5, 5.41) is 15.4. The van der Waals surface area contributed by atoms with Gasteiger partial charge in [0.05, 0.1) is 6.04 Å². The van der Waals surface area contributed by atoms with Crippen LogP contribution in [0, 0.1) is 0 Å². The van der Waals surface area contributed by atoms with Gasteiger partial charge in [0.25, 0.3) is 0 Å². The lowest BCUT2D eigenvalue weighted by molar-refractivity contribution is -0.142. The maximum atomic E-state index is 12.4. The van der Waals surface area contributed by atoms with Crippen LogP contribution in [0.15, 0.2) is 30.5 Å². The van der Waals surface area contributed by atoms with E-state index in [-0.39, 0.29) is 6.42 Å². The van der Waals surface area contributed by atoms with Gasteiger partial charge in [0.15, 0.2) is 0 Å². The topological polar surface area (TPSA) is 163 Å². The smallest absolute Gasteiger partial charge is 0.326 e. The fourth-order valence-corrected chi connectivity index (χ4v) is 3.04. The number of nitrogens with one attached hydrogen (secondary N) is 3. The number of rotatable bonds is 11. The number of fused-ring (bicyclic) bond motifs is 1. The van der Waals surface area contributed by atoms with Gasteiger partial charge in [-0.05, 0) is 37.9 Å². The summed E-state index contributed by atoms with van der Waals surface area (Å²) in [5.41, 5.74) is 12.9. The molecule has 3 unspecified atom stereocenters. The van der Waals surface area contributed by atoms with Crippen molar-refractivity contribution in [1.29, 1.82) is 0 Å². The van der Waals surface area contributed by atoms with Crippen LogP contribution in [0.25, 0.3) is 10.9 Å². The first-order valence-electron chi connectivity index (χ1n) is 9.67. The van der Waals surface area contributed by atoms with E-state index in [1.807, 2.05) is 24.3 Å². The average Bonchev–Trinajstić information content (AvgIpc) is 3.10. The number of para-hydroxylation sites is 1. The van der Waals surface area contributed by atoms with E-state index in [1.54, 1.807) is 6.20 Å². The Morgan fingerprint density at radius 2 is 1.86 bits per heavy atom. The van der Waals surface area contributed by atoms with Gasteiger partial charge in [-0.15, -0.1) is 0 Å². The van der Waals surface area contributed by atoms with Gasteiger partial charge in [-0.3, -0.25) is 9.59 Å². The van der Waals surface area contributed by atoms with Crippen LogP contribution in [0.1, 0.15) is 31.7 Å². The molecule has 2 rings (SSSR count). The van der Waals surface area contributed by atoms with Crippen LogP contribution in [-0.2, 0) is 20.8 Å². The number of hydrogen-bond donors (Lipinski definition) is 6. The van der Waals surface area contributed by atoms with Crippen LogP contribution in [0.4, 0.5) is 0 Å². The lowest BCUT2D eigenvalue weighted by Crippen LogP contribution is -2.53. The molecule has 0 fully saturated rings. The van der Waals surface area contributed by atoms with E-state index in [9.17, 15) is 19.5 Å². The fourth-order valence-electron chi connectivity index (χ4n) is 3.04. The summed E-state index contributed by atoms with van der Waals surface area (Å²) in [6, 6.07) is 4.75. The molecule has 0 aliphatic carbocycles. The largest absolute Gasteiger partial charge is 0.480 e. The number of hydrogen-bond acceptors (Lipinski definition) is 5. The Balaban J connectivity index is 1.94. The SMILES string of the molecule is CC(NC(=O)C(N)CCCCN)C(=O)NC(Cc1c[nH]c2ccccc12)C(=O)O. The zero-order valence-electron chi connectivity index (χ0n) is 16.5. The van der Waals surface area contributed by atoms with Gasteiger partial charge in [0.2, 0.25) is 11.8 Å². The van der Waals surface area contributed by atoms with Gasteiger partial charge >= 0.3 is 5.97 Å². The minimum absolute atomic E-state index is 0.115. The third-order valence-corrected chi connectivity index (χ3v) is 4.77. The van der Waals surface area contributed by atoms with Gasteiger partial charge in [-0.2, -0.15) is 0 Å². The molecule has 8 N–H and O–H groups in total. The molecule has 29 heavy (non-hydrogen) atoms. The second-order valence-corrected chi connectivity index (χ2v) is 7.08. The van der Waals surface area contributed by atoms with Gasteiger partial charge in [0.1, 0.15) is 12.1 Å². The first-order chi connectivity index (χ1) is 13.8. The molecule has 3 atom stereocenters. The molecule has 0 bridgehead atoms. The van der Waals surface area contributed by atoms with E-state index in [0.717, 1.165) is 29.3 Å². The Morgan fingerprint density at radius 3 is 2.55 bits per heavy atom. The molecule has 0 aliphatic heterocycles. The molecule has 1 heterocycles. The highest BCUT2D eigenvalue weighted by Crippen LogP contribution is 2.19. The first kappa shape index (κ1) is 22.4. The number of aromatic amines is 1. The molecular weight excluding hydrogens is 374 g/mol. The highest BCUT2D eigenvalue weighted by Gasteiger charge is 2.26. The minimum Gasteiger partial charge on any atom is -0.480 e. The Morgan fingerprint density at radius 1 is 1.14 bits per heavy atom. The molecule has 0 aliphatic rings. The van der Waals surface area contributed by atoms with E-state index in [2.05, 4.69) is 15.6 Å². The zero-order valence-corrected chi connectivity index (χ0v) is 16.5. The maximum Gasteiger partial charge on any atom is 0.326 e. The number of carboxylic acids is 1. The molecule has 158 valence electrons. The molecule has 0 radical (unpaired) electrons. The molecule has 9 nitrogen and oxygen atoms in total. The number of unbranched alkanes of at least 4 members (excludes halogenated alkanes) is 1. The molecule has 1 aromatic carbocycles. The van der Waals surface area contributed by atoms with Gasteiger partial charge < -0.3 is 32.2 Å². The Kier molecular flexibility index (Phi) is 8.17. The number of aliphatic carboxylic acids is 1. The number of carbonyl (C=O) groups is 3. The summed E-state index contributed by atoms with van der Waals surface area (Å²) >= 11 is 0. The summed E-state index contributed by atoms with van der Waals surface area (Å²) in [6.45, 7) is 2.02. The van der Waals surface area contributed by atoms with Crippen molar-refractivity contribution in [1.82, 2.24) is 15.6 Å². The van der Waals surface area contributed by atoms with Crippen LogP contribution in [0.5, 0.6) is 0 Å². The van der Waals surface area contributed by atoms with Crippen LogP contribution < -0.4 is 22.1 Å². The highest BCUT2D eigenvalue weighted by molar-refractivity contribution is 5.92. The summed E-state index contributed by atoms with van der Waals surface area (Å²) < 4.78 is 0. The van der Waals surface area contributed by atoms with Crippen molar-refractivity contribution in [3.8, 4) is 0 Å². The maximum absolute atomic E-state index is 12.4. The number of nitrogens with two attached hydrogens (primary N) is 2. The Bertz CT molecular complexity index is 850. The predicted octanol–water partition coefficient (Wildman–Crippen LogP) is 0.241. The zero-order chi connectivity index (χ0) is 21.4. The third-order valence-electron chi connectivity index (χ3n) is 4.77. The van der Waals surface area contributed by atoms with Crippen LogP contribution in [-0.4, -0.2) is 52.5 Å². The Labute approximate surface area is 169 Å². The van der Waals surface area contributed by atoms with Crippen molar-refractivity contribution in [3.05, 3.63) is 36.0 Å². The van der Waals surface area contributed by atoms with E-state index in [1.165, 1.54) is 6.92 Å². The lowest BCUT2D eigenvalue weighted by Gasteiger charge is -2.20. The van der Waals surface area contributed by atoms with Gasteiger partial charge in [-0.25, -0.2) is 4.79 Å². The number of H-pyrrole nitrogens is 1. The molecule has 0 saturated carbocycles. The molecule has 0 saturated heterocycles. The van der Waals surface area contributed by atoms with Crippen molar-refractivity contribution < 1.29 is 19.5 Å². The lowest BCUT2D eigenvalue weighted by atomic mass is 10.0. The molecule has 1 aromatic heterocycles. The summed E-state index contributed by atoms with van der Waals surface area (Å²) in [5.74, 6) is -2.19. The summed E-state index contributed by atoms with van der Waals surface area (Å²) in [6.07, 6.45) is 3.81. The quantitative estimate of drug-likeness (QED) is 0.294. The number of carbonyl (C=O) groups excluding carboxylic acids is 2. The van der Waals surface area contributed by atoms with Crippen molar-refractivity contribution in [2.75, 3.05) is 6.54 Å². The Hall–Kier alpha value is -2.91. The summed E-state index contributed by atoms with van der Waals surface area (Å²) in [4.78, 5) is 39.3. The molecule has 9 heteroatoms. The monoisotopic (exact) mass is 403 g/mol. The minimum atomic E-state index is -1.15. The normalized spacial score (nSPS) is 14.2. The van der Waals surface area contributed by atoms with E-state index >= 15 is 0 Å². The molecule has 0 spiro atoms. The number of amides is 2. The number of benzene rings is 1. The van der Waals surface area contributed by atoms with Gasteiger partial charge in [-0.1, -0.05) is 24.6 Å². The van der Waals surface area contributed by atoms with E-state index < -0.39 is 35.9 Å². The van der Waals surface area contributed by atoms with Crippen LogP contribution in [0.3, 0.4) is 0 Å². The third kappa shape index (κ3) is 6.30. The first-order valence-corrected chi connectivity index (χ1v) is 9.67.